The van der Waals surface area contributed by atoms with Crippen LogP contribution in [0.4, 0.5) is 4.39 Å². The number of benzene rings is 1. The van der Waals surface area contributed by atoms with Gasteiger partial charge in [0.05, 0.1) is 4.47 Å². The summed E-state index contributed by atoms with van der Waals surface area (Å²) in [5, 5.41) is 6.78. The molecule has 2 nitrogen and oxygen atoms in total. The van der Waals surface area contributed by atoms with Crippen molar-refractivity contribution >= 4 is 15.9 Å². The molecule has 0 saturated carbocycles. The highest BCUT2D eigenvalue weighted by molar-refractivity contribution is 9.10. The molecule has 1 aromatic carbocycles. The predicted molar refractivity (Wildman–Crippen MR) is 78.1 cm³/mol. The van der Waals surface area contributed by atoms with Crippen LogP contribution in [0.15, 0.2) is 22.7 Å². The van der Waals surface area contributed by atoms with Gasteiger partial charge in [-0.05, 0) is 46.9 Å². The zero-order chi connectivity index (χ0) is 13.5. The first-order valence-corrected chi connectivity index (χ1v) is 7.17. The zero-order valence-corrected chi connectivity index (χ0v) is 12.8. The predicted octanol–water partition coefficient (Wildman–Crippen LogP) is 3.31. The molecule has 0 saturated heterocycles. The maximum Gasteiger partial charge on any atom is 0.137 e. The van der Waals surface area contributed by atoms with Crippen LogP contribution in [0.1, 0.15) is 26.3 Å². The highest BCUT2D eigenvalue weighted by atomic mass is 79.9. The van der Waals surface area contributed by atoms with Crippen molar-refractivity contribution in [2.24, 2.45) is 5.92 Å². The first-order valence-electron chi connectivity index (χ1n) is 6.37. The molecular weight excluding hydrogens is 295 g/mol. The lowest BCUT2D eigenvalue weighted by molar-refractivity contribution is 0.471. The molecule has 0 spiro atoms. The second-order valence-electron chi connectivity index (χ2n) is 5.05. The van der Waals surface area contributed by atoms with Gasteiger partial charge in [-0.25, -0.2) is 4.39 Å². The molecule has 1 atom stereocenters. The molecule has 4 heteroatoms. The van der Waals surface area contributed by atoms with Crippen LogP contribution in [-0.4, -0.2) is 19.1 Å². The van der Waals surface area contributed by atoms with Crippen molar-refractivity contribution in [3.8, 4) is 0 Å². The van der Waals surface area contributed by atoms with E-state index in [0.717, 1.165) is 18.7 Å². The van der Waals surface area contributed by atoms with Crippen molar-refractivity contribution in [3.63, 3.8) is 0 Å². The van der Waals surface area contributed by atoms with Crippen LogP contribution in [0, 0.1) is 11.7 Å². The van der Waals surface area contributed by atoms with Crippen molar-refractivity contribution < 1.29 is 4.39 Å². The Labute approximate surface area is 117 Å². The van der Waals surface area contributed by atoms with E-state index in [1.54, 1.807) is 6.07 Å². The van der Waals surface area contributed by atoms with E-state index < -0.39 is 0 Å². The van der Waals surface area contributed by atoms with Crippen LogP contribution in [0.3, 0.4) is 0 Å². The fourth-order valence-electron chi connectivity index (χ4n) is 1.63. The Balaban J connectivity index is 2.33. The molecule has 1 unspecified atom stereocenters. The van der Waals surface area contributed by atoms with Gasteiger partial charge in [-0.3, -0.25) is 0 Å². The first-order chi connectivity index (χ1) is 8.50. The highest BCUT2D eigenvalue weighted by Gasteiger charge is 2.07. The summed E-state index contributed by atoms with van der Waals surface area (Å²) in [6.45, 7) is 9.12. The van der Waals surface area contributed by atoms with E-state index in [4.69, 9.17) is 0 Å². The van der Waals surface area contributed by atoms with Crippen molar-refractivity contribution in [2.75, 3.05) is 13.1 Å². The van der Waals surface area contributed by atoms with Gasteiger partial charge in [0.2, 0.25) is 0 Å². The number of rotatable bonds is 7. The molecule has 0 amide bonds. The second-order valence-corrected chi connectivity index (χ2v) is 5.84. The Morgan fingerprint density at radius 2 is 1.94 bits per heavy atom. The molecule has 0 aromatic heterocycles. The number of nitrogens with one attached hydrogen (secondary N) is 2. The van der Waals surface area contributed by atoms with Gasteiger partial charge >= 0.3 is 0 Å². The summed E-state index contributed by atoms with van der Waals surface area (Å²) in [6.07, 6.45) is 0. The van der Waals surface area contributed by atoms with Crippen LogP contribution in [0.2, 0.25) is 0 Å². The average molecular weight is 317 g/mol. The van der Waals surface area contributed by atoms with Crippen LogP contribution < -0.4 is 10.6 Å². The molecule has 102 valence electrons. The van der Waals surface area contributed by atoms with Crippen molar-refractivity contribution in [1.29, 1.82) is 0 Å². The van der Waals surface area contributed by atoms with E-state index in [2.05, 4.69) is 47.3 Å². The van der Waals surface area contributed by atoms with Crippen LogP contribution in [-0.2, 0) is 6.54 Å². The molecule has 0 aliphatic rings. The number of hydrogen-bond donors (Lipinski definition) is 2. The van der Waals surface area contributed by atoms with Crippen molar-refractivity contribution in [2.45, 2.75) is 33.4 Å². The molecule has 1 rings (SSSR count). The largest absolute Gasteiger partial charge is 0.315 e. The van der Waals surface area contributed by atoms with Crippen molar-refractivity contribution in [1.82, 2.24) is 10.6 Å². The lowest BCUT2D eigenvalue weighted by Gasteiger charge is -2.16. The molecule has 18 heavy (non-hydrogen) atoms. The normalized spacial score (nSPS) is 13.0. The number of hydrogen-bond acceptors (Lipinski definition) is 2. The minimum absolute atomic E-state index is 0.208. The van der Waals surface area contributed by atoms with E-state index in [1.165, 1.54) is 6.07 Å². The second kappa shape index (κ2) is 7.87. The lowest BCUT2D eigenvalue weighted by Crippen LogP contribution is -2.37. The molecule has 0 aliphatic carbocycles. The van der Waals surface area contributed by atoms with Gasteiger partial charge in [-0.2, -0.15) is 0 Å². The minimum atomic E-state index is -0.208. The SMILES string of the molecule is CC(C)CNCC(C)NCc1cccc(F)c1Br. The molecular formula is C14H22BrFN2. The summed E-state index contributed by atoms with van der Waals surface area (Å²) in [6, 6.07) is 5.48. The summed E-state index contributed by atoms with van der Waals surface area (Å²) in [4.78, 5) is 0. The third-order valence-electron chi connectivity index (χ3n) is 2.68. The maximum absolute atomic E-state index is 13.3. The summed E-state index contributed by atoms with van der Waals surface area (Å²) >= 11 is 3.27. The highest BCUT2D eigenvalue weighted by Crippen LogP contribution is 2.20. The molecule has 1 aromatic rings. The summed E-state index contributed by atoms with van der Waals surface area (Å²) in [5.74, 6) is 0.453. The van der Waals surface area contributed by atoms with E-state index >= 15 is 0 Å². The smallest absolute Gasteiger partial charge is 0.137 e. The molecule has 0 aliphatic heterocycles. The van der Waals surface area contributed by atoms with E-state index in [9.17, 15) is 4.39 Å². The van der Waals surface area contributed by atoms with Crippen LogP contribution in [0.25, 0.3) is 0 Å². The summed E-state index contributed by atoms with van der Waals surface area (Å²) < 4.78 is 13.9. The Hall–Kier alpha value is -0.450. The molecule has 0 fully saturated rings. The quantitative estimate of drug-likeness (QED) is 0.806. The van der Waals surface area contributed by atoms with Gasteiger partial charge in [-0.1, -0.05) is 26.0 Å². The van der Waals surface area contributed by atoms with Gasteiger partial charge in [0.1, 0.15) is 5.82 Å². The minimum Gasteiger partial charge on any atom is -0.315 e. The van der Waals surface area contributed by atoms with E-state index in [-0.39, 0.29) is 5.82 Å². The Kier molecular flexibility index (Phi) is 6.82. The first kappa shape index (κ1) is 15.6. The van der Waals surface area contributed by atoms with Crippen molar-refractivity contribution in [3.05, 3.63) is 34.1 Å². The third-order valence-corrected chi connectivity index (χ3v) is 3.56. The molecule has 0 bridgehead atoms. The van der Waals surface area contributed by atoms with Gasteiger partial charge in [0.25, 0.3) is 0 Å². The van der Waals surface area contributed by atoms with Crippen LogP contribution in [0.5, 0.6) is 0 Å². The van der Waals surface area contributed by atoms with E-state index in [0.29, 0.717) is 23.0 Å². The topological polar surface area (TPSA) is 24.1 Å². The van der Waals surface area contributed by atoms with Gasteiger partial charge in [0, 0.05) is 19.1 Å². The lowest BCUT2D eigenvalue weighted by atomic mass is 10.2. The molecule has 0 radical (unpaired) electrons. The third kappa shape index (κ3) is 5.46. The fraction of sp³-hybridized carbons (Fsp3) is 0.571. The van der Waals surface area contributed by atoms with E-state index in [1.807, 2.05) is 6.07 Å². The Bertz CT molecular complexity index is 369. The standard InChI is InChI=1S/C14H22BrFN2/c1-10(2)7-17-8-11(3)18-9-12-5-4-6-13(16)14(12)15/h4-6,10-11,17-18H,7-9H2,1-3H3. The zero-order valence-electron chi connectivity index (χ0n) is 11.3. The maximum atomic E-state index is 13.3. The van der Waals surface area contributed by atoms with Gasteiger partial charge in [0.15, 0.2) is 0 Å². The molecule has 2 N–H and O–H groups in total. The average Bonchev–Trinajstić information content (AvgIpc) is 2.30. The Morgan fingerprint density at radius 1 is 1.22 bits per heavy atom. The van der Waals surface area contributed by atoms with Crippen LogP contribution >= 0.6 is 15.9 Å². The summed E-state index contributed by atoms with van der Waals surface area (Å²) in [5.41, 5.74) is 0.950. The van der Waals surface area contributed by atoms with Gasteiger partial charge < -0.3 is 10.6 Å². The van der Waals surface area contributed by atoms with Gasteiger partial charge in [-0.15, -0.1) is 0 Å². The monoisotopic (exact) mass is 316 g/mol. The Morgan fingerprint density at radius 3 is 2.61 bits per heavy atom. The molecule has 0 heterocycles. The fourth-order valence-corrected chi connectivity index (χ4v) is 2.03. The summed E-state index contributed by atoms with van der Waals surface area (Å²) in [7, 11) is 0. The number of halogens is 2.